The SMILES string of the molecule is COc1cc(OC)c(F)c(COc2cnc(N/C(C=NCCN3CCOCC3)=C/N)nc2)c1F. The number of anilines is 1. The highest BCUT2D eigenvalue weighted by Gasteiger charge is 2.20. The van der Waals surface area contributed by atoms with Crippen molar-refractivity contribution >= 4 is 12.2 Å². The standard InChI is InChI=1S/C22H28F2N6O4/c1-31-18-9-19(32-2)21(24)17(20(18)23)14-34-16-12-27-22(28-13-16)29-15(10-25)11-26-3-4-30-5-7-33-8-6-30/h9-13H,3-8,14,25H2,1-2H3,(H,27,28,29)/b15-10+,26-11?. The molecule has 0 aliphatic carbocycles. The van der Waals surface area contributed by atoms with Crippen molar-refractivity contribution in [2.45, 2.75) is 6.61 Å². The van der Waals surface area contributed by atoms with E-state index in [4.69, 9.17) is 24.7 Å². The maximum atomic E-state index is 14.5. The van der Waals surface area contributed by atoms with Crippen molar-refractivity contribution in [2.75, 3.05) is 58.9 Å². The van der Waals surface area contributed by atoms with Crippen LogP contribution in [-0.4, -0.2) is 74.7 Å². The molecule has 184 valence electrons. The normalized spacial score (nSPS) is 14.9. The summed E-state index contributed by atoms with van der Waals surface area (Å²) in [5.41, 5.74) is 5.83. The lowest BCUT2D eigenvalue weighted by molar-refractivity contribution is 0.0395. The molecule has 0 saturated carbocycles. The third kappa shape index (κ3) is 6.75. The summed E-state index contributed by atoms with van der Waals surface area (Å²) in [7, 11) is 2.55. The van der Waals surface area contributed by atoms with E-state index in [1.54, 1.807) is 6.21 Å². The highest BCUT2D eigenvalue weighted by atomic mass is 19.1. The molecule has 3 rings (SSSR count). The fourth-order valence-corrected chi connectivity index (χ4v) is 3.11. The number of rotatable bonds is 11. The molecule has 2 aromatic rings. The van der Waals surface area contributed by atoms with Gasteiger partial charge >= 0.3 is 0 Å². The van der Waals surface area contributed by atoms with Crippen LogP contribution in [0.2, 0.25) is 0 Å². The molecule has 0 atom stereocenters. The fourth-order valence-electron chi connectivity index (χ4n) is 3.11. The Hall–Kier alpha value is -3.51. The number of nitrogens with one attached hydrogen (secondary N) is 1. The van der Waals surface area contributed by atoms with Gasteiger partial charge in [-0.1, -0.05) is 0 Å². The van der Waals surface area contributed by atoms with Crippen molar-refractivity contribution < 1.29 is 27.7 Å². The Labute approximate surface area is 196 Å². The molecule has 34 heavy (non-hydrogen) atoms. The van der Waals surface area contributed by atoms with Crippen LogP contribution in [0.4, 0.5) is 14.7 Å². The second-order valence-corrected chi connectivity index (χ2v) is 7.15. The van der Waals surface area contributed by atoms with Crippen molar-refractivity contribution in [1.29, 1.82) is 0 Å². The molecule has 2 heterocycles. The number of nitrogens with two attached hydrogens (primary N) is 1. The highest BCUT2D eigenvalue weighted by Crippen LogP contribution is 2.31. The number of halogens is 2. The zero-order valence-corrected chi connectivity index (χ0v) is 19.1. The van der Waals surface area contributed by atoms with Gasteiger partial charge in [-0.2, -0.15) is 0 Å². The summed E-state index contributed by atoms with van der Waals surface area (Å²) >= 11 is 0. The molecule has 1 aliphatic rings. The highest BCUT2D eigenvalue weighted by molar-refractivity contribution is 5.81. The lowest BCUT2D eigenvalue weighted by Gasteiger charge is -2.25. The van der Waals surface area contributed by atoms with Gasteiger partial charge in [0.1, 0.15) is 6.61 Å². The second-order valence-electron chi connectivity index (χ2n) is 7.15. The first kappa shape index (κ1) is 25.1. The molecule has 1 saturated heterocycles. The second kappa shape index (κ2) is 12.7. The molecule has 0 radical (unpaired) electrons. The first-order valence-electron chi connectivity index (χ1n) is 10.6. The topological polar surface area (TPSA) is 116 Å². The van der Waals surface area contributed by atoms with Crippen molar-refractivity contribution in [3.63, 3.8) is 0 Å². The summed E-state index contributed by atoms with van der Waals surface area (Å²) in [6, 6.07) is 1.13. The lowest BCUT2D eigenvalue weighted by atomic mass is 10.1. The summed E-state index contributed by atoms with van der Waals surface area (Å²) < 4.78 is 49.5. The van der Waals surface area contributed by atoms with E-state index in [1.165, 1.54) is 32.8 Å². The fraction of sp³-hybridized carbons (Fsp3) is 0.409. The van der Waals surface area contributed by atoms with E-state index < -0.39 is 18.2 Å². The molecule has 1 aromatic carbocycles. The zero-order valence-electron chi connectivity index (χ0n) is 19.1. The minimum atomic E-state index is -0.870. The minimum Gasteiger partial charge on any atom is -0.494 e. The Balaban J connectivity index is 1.54. The van der Waals surface area contributed by atoms with Gasteiger partial charge in [0.25, 0.3) is 0 Å². The monoisotopic (exact) mass is 478 g/mol. The Bertz CT molecular complexity index is 970. The van der Waals surface area contributed by atoms with Gasteiger partial charge < -0.3 is 30.0 Å². The van der Waals surface area contributed by atoms with Crippen LogP contribution in [0.25, 0.3) is 0 Å². The summed E-state index contributed by atoms with van der Waals surface area (Å²) in [5, 5.41) is 2.94. The first-order chi connectivity index (χ1) is 16.5. The number of hydrogen-bond donors (Lipinski definition) is 2. The number of morpholine rings is 1. The molecule has 0 bridgehead atoms. The Kier molecular flexibility index (Phi) is 9.35. The minimum absolute atomic E-state index is 0.152. The van der Waals surface area contributed by atoms with E-state index in [9.17, 15) is 8.78 Å². The number of allylic oxidation sites excluding steroid dienone is 1. The van der Waals surface area contributed by atoms with E-state index >= 15 is 0 Å². The number of aromatic nitrogens is 2. The maximum Gasteiger partial charge on any atom is 0.227 e. The Morgan fingerprint density at radius 1 is 1.18 bits per heavy atom. The van der Waals surface area contributed by atoms with E-state index in [-0.39, 0.29) is 28.8 Å². The van der Waals surface area contributed by atoms with Gasteiger partial charge in [0.2, 0.25) is 5.95 Å². The summed E-state index contributed by atoms with van der Waals surface area (Å²) in [6.07, 6.45) is 5.70. The van der Waals surface area contributed by atoms with Gasteiger partial charge in [-0.15, -0.1) is 0 Å². The van der Waals surface area contributed by atoms with E-state index in [0.717, 1.165) is 38.9 Å². The molecule has 12 heteroatoms. The van der Waals surface area contributed by atoms with Gasteiger partial charge in [0.15, 0.2) is 28.9 Å². The van der Waals surface area contributed by atoms with E-state index in [2.05, 4.69) is 25.2 Å². The van der Waals surface area contributed by atoms with Crippen molar-refractivity contribution in [1.82, 2.24) is 14.9 Å². The third-order valence-corrected chi connectivity index (χ3v) is 4.99. The summed E-state index contributed by atoms with van der Waals surface area (Å²) in [6.45, 7) is 4.34. The number of benzene rings is 1. The largest absolute Gasteiger partial charge is 0.494 e. The summed E-state index contributed by atoms with van der Waals surface area (Å²) in [5.74, 6) is -1.58. The smallest absolute Gasteiger partial charge is 0.227 e. The van der Waals surface area contributed by atoms with Crippen LogP contribution >= 0.6 is 0 Å². The van der Waals surface area contributed by atoms with Crippen LogP contribution in [0.1, 0.15) is 5.56 Å². The van der Waals surface area contributed by atoms with E-state index in [1.807, 2.05) is 0 Å². The van der Waals surface area contributed by atoms with Gasteiger partial charge in [0, 0.05) is 38.1 Å². The van der Waals surface area contributed by atoms with Crippen LogP contribution in [0.15, 0.2) is 35.3 Å². The first-order valence-corrected chi connectivity index (χ1v) is 10.6. The molecule has 10 nitrogen and oxygen atoms in total. The van der Waals surface area contributed by atoms with Gasteiger partial charge in [0.05, 0.1) is 57.6 Å². The van der Waals surface area contributed by atoms with Crippen LogP contribution in [0, 0.1) is 11.6 Å². The third-order valence-electron chi connectivity index (χ3n) is 4.99. The molecule has 0 spiro atoms. The van der Waals surface area contributed by atoms with Gasteiger partial charge in [-0.05, 0) is 0 Å². The quantitative estimate of drug-likeness (QED) is 0.468. The lowest BCUT2D eigenvalue weighted by Crippen LogP contribution is -2.37. The Morgan fingerprint density at radius 2 is 1.82 bits per heavy atom. The molecule has 3 N–H and O–H groups in total. The molecular formula is C22H28F2N6O4. The van der Waals surface area contributed by atoms with Crippen LogP contribution in [-0.2, 0) is 11.3 Å². The van der Waals surface area contributed by atoms with Crippen molar-refractivity contribution in [3.8, 4) is 17.2 Å². The number of methoxy groups -OCH3 is 2. The molecule has 0 amide bonds. The predicted molar refractivity (Wildman–Crippen MR) is 122 cm³/mol. The van der Waals surface area contributed by atoms with Crippen molar-refractivity contribution in [2.24, 2.45) is 10.7 Å². The molecular weight excluding hydrogens is 450 g/mol. The average molecular weight is 479 g/mol. The number of hydrogen-bond acceptors (Lipinski definition) is 10. The average Bonchev–Trinajstić information content (AvgIpc) is 2.87. The summed E-state index contributed by atoms with van der Waals surface area (Å²) in [4.78, 5) is 14.9. The van der Waals surface area contributed by atoms with Gasteiger partial charge in [-0.25, -0.2) is 18.7 Å². The zero-order chi connectivity index (χ0) is 24.3. The van der Waals surface area contributed by atoms with E-state index in [0.29, 0.717) is 12.2 Å². The van der Waals surface area contributed by atoms with Crippen molar-refractivity contribution in [3.05, 3.63) is 47.6 Å². The van der Waals surface area contributed by atoms with Gasteiger partial charge in [-0.3, -0.25) is 9.89 Å². The number of ether oxygens (including phenoxy) is 4. The number of aliphatic imine (C=N–C) groups is 1. The Morgan fingerprint density at radius 3 is 2.41 bits per heavy atom. The van der Waals surface area contributed by atoms with Crippen LogP contribution < -0.4 is 25.3 Å². The molecule has 1 aromatic heterocycles. The number of nitrogens with zero attached hydrogens (tertiary/aromatic N) is 4. The predicted octanol–water partition coefficient (Wildman–Crippen LogP) is 1.97. The maximum absolute atomic E-state index is 14.5. The van der Waals surface area contributed by atoms with Crippen LogP contribution in [0.5, 0.6) is 17.2 Å². The molecule has 0 unspecified atom stereocenters. The van der Waals surface area contributed by atoms with Crippen LogP contribution in [0.3, 0.4) is 0 Å². The molecule has 1 fully saturated rings. The molecule has 1 aliphatic heterocycles.